The van der Waals surface area contributed by atoms with E-state index in [4.69, 9.17) is 4.74 Å². The Kier molecular flexibility index (Phi) is 5.15. The fraction of sp³-hybridized carbons (Fsp3) is 0.462. The van der Waals surface area contributed by atoms with Crippen molar-refractivity contribution < 1.29 is 14.6 Å². The molecule has 0 heterocycles. The number of aldehydes is 1. The number of rotatable bonds is 7. The molecule has 0 aliphatic carbocycles. The van der Waals surface area contributed by atoms with Gasteiger partial charge in [-0.1, -0.05) is 30.3 Å². The van der Waals surface area contributed by atoms with Crippen molar-refractivity contribution in [2.45, 2.75) is 32.0 Å². The topological polar surface area (TPSA) is 46.5 Å². The summed E-state index contributed by atoms with van der Waals surface area (Å²) >= 11 is 0. The number of hydrogen-bond acceptors (Lipinski definition) is 3. The quantitative estimate of drug-likeness (QED) is 0.566. The average Bonchev–Trinajstić information content (AvgIpc) is 2.30. The van der Waals surface area contributed by atoms with Crippen LogP contribution in [-0.2, 0) is 16.1 Å². The molecule has 16 heavy (non-hydrogen) atoms. The van der Waals surface area contributed by atoms with Crippen LogP contribution in [0.1, 0.15) is 25.3 Å². The van der Waals surface area contributed by atoms with Crippen LogP contribution >= 0.6 is 0 Å². The lowest BCUT2D eigenvalue weighted by atomic mass is 10.0. The SMILES string of the molecule is CC(O)(C=O)CCCOCc1ccccc1. The highest BCUT2D eigenvalue weighted by Crippen LogP contribution is 2.09. The van der Waals surface area contributed by atoms with Gasteiger partial charge < -0.3 is 14.6 Å². The Labute approximate surface area is 96.1 Å². The minimum absolute atomic E-state index is 0.436. The van der Waals surface area contributed by atoms with Crippen molar-refractivity contribution in [2.24, 2.45) is 0 Å². The molecular weight excluding hydrogens is 204 g/mol. The number of carbonyl (C=O) groups excluding carboxylic acids is 1. The standard InChI is InChI=1S/C13H18O3/c1-13(15,11-14)8-5-9-16-10-12-6-3-2-4-7-12/h2-4,6-7,11,15H,5,8-10H2,1H3. The van der Waals surface area contributed by atoms with E-state index in [-0.39, 0.29) is 0 Å². The molecule has 0 bridgehead atoms. The van der Waals surface area contributed by atoms with Gasteiger partial charge in [-0.2, -0.15) is 0 Å². The van der Waals surface area contributed by atoms with Gasteiger partial charge in [-0.05, 0) is 25.3 Å². The van der Waals surface area contributed by atoms with Crippen LogP contribution < -0.4 is 0 Å². The van der Waals surface area contributed by atoms with Crippen LogP contribution in [0.5, 0.6) is 0 Å². The smallest absolute Gasteiger partial charge is 0.151 e. The van der Waals surface area contributed by atoms with Crippen LogP contribution in [-0.4, -0.2) is 23.6 Å². The highest BCUT2D eigenvalue weighted by atomic mass is 16.5. The van der Waals surface area contributed by atoms with Crippen molar-refractivity contribution in [3.8, 4) is 0 Å². The summed E-state index contributed by atoms with van der Waals surface area (Å²) < 4.78 is 5.43. The molecule has 0 radical (unpaired) electrons. The molecule has 1 atom stereocenters. The maximum Gasteiger partial charge on any atom is 0.151 e. The molecule has 1 N–H and O–H groups in total. The van der Waals surface area contributed by atoms with Crippen LogP contribution in [0.4, 0.5) is 0 Å². The molecule has 0 amide bonds. The molecule has 0 spiro atoms. The number of carbonyl (C=O) groups is 1. The van der Waals surface area contributed by atoms with Gasteiger partial charge in [-0.25, -0.2) is 0 Å². The Bertz CT molecular complexity index is 306. The lowest BCUT2D eigenvalue weighted by Crippen LogP contribution is -2.26. The summed E-state index contributed by atoms with van der Waals surface area (Å²) in [7, 11) is 0. The van der Waals surface area contributed by atoms with E-state index >= 15 is 0 Å². The molecule has 0 saturated heterocycles. The summed E-state index contributed by atoms with van der Waals surface area (Å²) in [5.41, 5.74) is -0.0829. The highest BCUT2D eigenvalue weighted by molar-refractivity contribution is 5.60. The van der Waals surface area contributed by atoms with E-state index in [0.717, 1.165) is 5.56 Å². The predicted octanol–water partition coefficient (Wildman–Crippen LogP) is 1.93. The molecule has 0 aliphatic rings. The Morgan fingerprint density at radius 2 is 2.06 bits per heavy atom. The van der Waals surface area contributed by atoms with Crippen molar-refractivity contribution >= 4 is 6.29 Å². The lowest BCUT2D eigenvalue weighted by Gasteiger charge is -2.14. The van der Waals surface area contributed by atoms with Crippen LogP contribution in [0.3, 0.4) is 0 Å². The third kappa shape index (κ3) is 5.05. The minimum atomic E-state index is -1.21. The second kappa shape index (κ2) is 6.40. The van der Waals surface area contributed by atoms with E-state index in [2.05, 4.69) is 0 Å². The highest BCUT2D eigenvalue weighted by Gasteiger charge is 2.17. The Morgan fingerprint density at radius 1 is 1.38 bits per heavy atom. The molecule has 0 aliphatic heterocycles. The molecule has 1 aromatic carbocycles. The molecule has 3 heteroatoms. The molecule has 1 rings (SSSR count). The molecule has 88 valence electrons. The first-order valence-electron chi connectivity index (χ1n) is 5.44. The summed E-state index contributed by atoms with van der Waals surface area (Å²) in [5.74, 6) is 0. The molecule has 3 nitrogen and oxygen atoms in total. The zero-order valence-corrected chi connectivity index (χ0v) is 9.56. The van der Waals surface area contributed by atoms with Crippen LogP contribution in [0.2, 0.25) is 0 Å². The van der Waals surface area contributed by atoms with Gasteiger partial charge >= 0.3 is 0 Å². The van der Waals surface area contributed by atoms with Crippen molar-refractivity contribution in [3.05, 3.63) is 35.9 Å². The first kappa shape index (κ1) is 12.9. The normalized spacial score (nSPS) is 14.4. The summed E-state index contributed by atoms with van der Waals surface area (Å²) in [6.45, 7) is 2.64. The monoisotopic (exact) mass is 222 g/mol. The molecular formula is C13H18O3. The van der Waals surface area contributed by atoms with Gasteiger partial charge in [0.05, 0.1) is 6.61 Å². The Morgan fingerprint density at radius 3 is 2.69 bits per heavy atom. The molecule has 0 saturated carbocycles. The second-order valence-corrected chi connectivity index (χ2v) is 4.12. The summed E-state index contributed by atoms with van der Waals surface area (Å²) in [6.07, 6.45) is 1.69. The van der Waals surface area contributed by atoms with Gasteiger partial charge in [0, 0.05) is 6.61 Å². The van der Waals surface area contributed by atoms with Gasteiger partial charge in [0.2, 0.25) is 0 Å². The second-order valence-electron chi connectivity index (χ2n) is 4.12. The summed E-state index contributed by atoms with van der Waals surface area (Å²) in [5, 5.41) is 9.42. The maximum absolute atomic E-state index is 10.4. The molecule has 0 aromatic heterocycles. The maximum atomic E-state index is 10.4. The zero-order chi connectivity index (χ0) is 11.9. The van der Waals surface area contributed by atoms with E-state index in [1.807, 2.05) is 30.3 Å². The number of hydrogen-bond donors (Lipinski definition) is 1. The van der Waals surface area contributed by atoms with Crippen molar-refractivity contribution in [1.82, 2.24) is 0 Å². The van der Waals surface area contributed by atoms with E-state index in [1.54, 1.807) is 0 Å². The van der Waals surface area contributed by atoms with Crippen molar-refractivity contribution in [3.63, 3.8) is 0 Å². The first-order valence-corrected chi connectivity index (χ1v) is 5.44. The van der Waals surface area contributed by atoms with Gasteiger partial charge in [0.15, 0.2) is 6.29 Å². The zero-order valence-electron chi connectivity index (χ0n) is 9.56. The van der Waals surface area contributed by atoms with Crippen LogP contribution in [0, 0.1) is 0 Å². The number of aliphatic hydroxyl groups is 1. The predicted molar refractivity (Wildman–Crippen MR) is 62.0 cm³/mol. The molecule has 1 unspecified atom stereocenters. The number of benzene rings is 1. The van der Waals surface area contributed by atoms with Gasteiger partial charge in [-0.3, -0.25) is 0 Å². The van der Waals surface area contributed by atoms with Crippen LogP contribution in [0.15, 0.2) is 30.3 Å². The fourth-order valence-corrected chi connectivity index (χ4v) is 1.36. The largest absolute Gasteiger partial charge is 0.383 e. The lowest BCUT2D eigenvalue weighted by molar-refractivity contribution is -0.123. The Balaban J connectivity index is 2.11. The van der Waals surface area contributed by atoms with Gasteiger partial charge in [-0.15, -0.1) is 0 Å². The third-order valence-electron chi connectivity index (χ3n) is 2.34. The molecule has 1 aromatic rings. The summed E-state index contributed by atoms with van der Waals surface area (Å²) in [6, 6.07) is 9.90. The summed E-state index contributed by atoms with van der Waals surface area (Å²) in [4.78, 5) is 10.4. The minimum Gasteiger partial charge on any atom is -0.383 e. The van der Waals surface area contributed by atoms with Crippen molar-refractivity contribution in [2.75, 3.05) is 6.61 Å². The Hall–Kier alpha value is -1.19. The van der Waals surface area contributed by atoms with Gasteiger partial charge in [0.25, 0.3) is 0 Å². The number of ether oxygens (including phenoxy) is 1. The van der Waals surface area contributed by atoms with Crippen LogP contribution in [0.25, 0.3) is 0 Å². The fourth-order valence-electron chi connectivity index (χ4n) is 1.36. The van der Waals surface area contributed by atoms with E-state index < -0.39 is 5.60 Å². The van der Waals surface area contributed by atoms with E-state index in [1.165, 1.54) is 6.92 Å². The third-order valence-corrected chi connectivity index (χ3v) is 2.34. The van der Waals surface area contributed by atoms with Crippen molar-refractivity contribution in [1.29, 1.82) is 0 Å². The first-order chi connectivity index (χ1) is 7.64. The molecule has 0 fully saturated rings. The van der Waals surface area contributed by atoms with Gasteiger partial charge in [0.1, 0.15) is 5.60 Å². The van der Waals surface area contributed by atoms with E-state index in [0.29, 0.717) is 32.3 Å². The average molecular weight is 222 g/mol. The van der Waals surface area contributed by atoms with E-state index in [9.17, 15) is 9.90 Å².